The van der Waals surface area contributed by atoms with Gasteiger partial charge >= 0.3 is 0 Å². The lowest BCUT2D eigenvalue weighted by molar-refractivity contribution is 0.217. The first kappa shape index (κ1) is 16.1. The van der Waals surface area contributed by atoms with Crippen molar-refractivity contribution in [1.29, 1.82) is 0 Å². The van der Waals surface area contributed by atoms with Crippen molar-refractivity contribution in [1.82, 2.24) is 5.32 Å². The molecule has 0 spiro atoms. The first-order valence-corrected chi connectivity index (χ1v) is 7.80. The summed E-state index contributed by atoms with van der Waals surface area (Å²) in [6.45, 7) is 1.76. The highest BCUT2D eigenvalue weighted by molar-refractivity contribution is 9.10. The molecule has 0 fully saturated rings. The second-order valence-corrected chi connectivity index (χ2v) is 5.77. The third-order valence-electron chi connectivity index (χ3n) is 2.81. The molecule has 0 radical (unpaired) electrons. The number of benzene rings is 2. The molecular weight excluding hydrogens is 354 g/mol. The third-order valence-corrected chi connectivity index (χ3v) is 3.61. The van der Waals surface area contributed by atoms with Crippen LogP contribution in [0.2, 0.25) is 5.02 Å². The van der Waals surface area contributed by atoms with Gasteiger partial charge in [-0.15, -0.1) is 0 Å². The van der Waals surface area contributed by atoms with E-state index in [-0.39, 0.29) is 0 Å². The Labute approximate surface area is 138 Å². The Hall–Kier alpha value is -1.23. The zero-order valence-electron chi connectivity index (χ0n) is 11.7. The standard InChI is InChI=1S/C16H17BrClNO2/c1-19-11-12-2-5-14(6-3-12)20-8-9-21-16-10-13(17)4-7-15(16)18/h2-7,10,19H,8-9,11H2,1H3. The zero-order chi connectivity index (χ0) is 15.1. The van der Waals surface area contributed by atoms with Crippen LogP contribution in [0.1, 0.15) is 5.56 Å². The maximum atomic E-state index is 6.05. The van der Waals surface area contributed by atoms with Crippen molar-refractivity contribution in [2.75, 3.05) is 20.3 Å². The van der Waals surface area contributed by atoms with Crippen molar-refractivity contribution >= 4 is 27.5 Å². The number of ether oxygens (including phenoxy) is 2. The monoisotopic (exact) mass is 369 g/mol. The maximum absolute atomic E-state index is 6.05. The lowest BCUT2D eigenvalue weighted by Gasteiger charge is -2.10. The molecule has 112 valence electrons. The predicted molar refractivity (Wildman–Crippen MR) is 89.3 cm³/mol. The molecule has 0 saturated carbocycles. The number of nitrogens with one attached hydrogen (secondary N) is 1. The minimum Gasteiger partial charge on any atom is -0.490 e. The molecule has 0 heterocycles. The molecule has 21 heavy (non-hydrogen) atoms. The predicted octanol–water partition coefficient (Wildman–Crippen LogP) is 4.28. The van der Waals surface area contributed by atoms with Gasteiger partial charge in [-0.2, -0.15) is 0 Å². The number of rotatable bonds is 7. The van der Waals surface area contributed by atoms with Crippen molar-refractivity contribution in [3.8, 4) is 11.5 Å². The van der Waals surface area contributed by atoms with Gasteiger partial charge in [-0.05, 0) is 42.9 Å². The van der Waals surface area contributed by atoms with Crippen LogP contribution in [0.3, 0.4) is 0 Å². The Morgan fingerprint density at radius 3 is 2.48 bits per heavy atom. The van der Waals surface area contributed by atoms with E-state index in [1.807, 2.05) is 43.4 Å². The summed E-state index contributed by atoms with van der Waals surface area (Å²) in [5.74, 6) is 1.48. The van der Waals surface area contributed by atoms with Crippen molar-refractivity contribution in [2.45, 2.75) is 6.54 Å². The molecule has 2 rings (SSSR count). The highest BCUT2D eigenvalue weighted by Gasteiger charge is 2.02. The molecule has 1 N–H and O–H groups in total. The SMILES string of the molecule is CNCc1ccc(OCCOc2cc(Br)ccc2Cl)cc1. The van der Waals surface area contributed by atoms with Crippen LogP contribution in [0, 0.1) is 0 Å². The van der Waals surface area contributed by atoms with Crippen molar-refractivity contribution < 1.29 is 9.47 Å². The first-order valence-electron chi connectivity index (χ1n) is 6.63. The van der Waals surface area contributed by atoms with Crippen molar-refractivity contribution in [3.05, 3.63) is 57.5 Å². The summed E-state index contributed by atoms with van der Waals surface area (Å²) in [7, 11) is 1.93. The Balaban J connectivity index is 1.77. The zero-order valence-corrected chi connectivity index (χ0v) is 14.1. The van der Waals surface area contributed by atoms with E-state index in [4.69, 9.17) is 21.1 Å². The van der Waals surface area contributed by atoms with Crippen LogP contribution in [-0.4, -0.2) is 20.3 Å². The quantitative estimate of drug-likeness (QED) is 0.738. The molecule has 0 unspecified atom stereocenters. The van der Waals surface area contributed by atoms with Crippen LogP contribution in [0.15, 0.2) is 46.9 Å². The number of hydrogen-bond acceptors (Lipinski definition) is 3. The molecule has 0 aromatic heterocycles. The van der Waals surface area contributed by atoms with Gasteiger partial charge in [0.05, 0.1) is 5.02 Å². The smallest absolute Gasteiger partial charge is 0.139 e. The molecule has 0 amide bonds. The van der Waals surface area contributed by atoms with Crippen molar-refractivity contribution in [3.63, 3.8) is 0 Å². The highest BCUT2D eigenvalue weighted by atomic mass is 79.9. The van der Waals surface area contributed by atoms with E-state index in [2.05, 4.69) is 21.2 Å². The molecule has 0 atom stereocenters. The normalized spacial score (nSPS) is 10.4. The van der Waals surface area contributed by atoms with Crippen LogP contribution in [-0.2, 0) is 6.54 Å². The van der Waals surface area contributed by atoms with E-state index < -0.39 is 0 Å². The topological polar surface area (TPSA) is 30.5 Å². The summed E-state index contributed by atoms with van der Waals surface area (Å²) in [5.41, 5.74) is 1.22. The molecule has 0 saturated heterocycles. The summed E-state index contributed by atoms with van der Waals surface area (Å²) in [4.78, 5) is 0. The van der Waals surface area contributed by atoms with Crippen LogP contribution < -0.4 is 14.8 Å². The van der Waals surface area contributed by atoms with Gasteiger partial charge < -0.3 is 14.8 Å². The van der Waals surface area contributed by atoms with Gasteiger partial charge in [-0.25, -0.2) is 0 Å². The fourth-order valence-corrected chi connectivity index (χ4v) is 2.32. The molecule has 0 aliphatic rings. The van der Waals surface area contributed by atoms with Gasteiger partial charge in [0.2, 0.25) is 0 Å². The molecule has 0 aliphatic heterocycles. The van der Waals surface area contributed by atoms with Crippen LogP contribution in [0.4, 0.5) is 0 Å². The molecule has 0 aliphatic carbocycles. The summed E-state index contributed by atoms with van der Waals surface area (Å²) >= 11 is 9.43. The molecule has 2 aromatic carbocycles. The summed E-state index contributed by atoms with van der Waals surface area (Å²) in [6, 6.07) is 13.5. The van der Waals surface area contributed by atoms with Crippen LogP contribution >= 0.6 is 27.5 Å². The minimum atomic E-state index is 0.439. The Morgan fingerprint density at radius 1 is 1.05 bits per heavy atom. The van der Waals surface area contributed by atoms with E-state index in [0.29, 0.717) is 24.0 Å². The van der Waals surface area contributed by atoms with Gasteiger partial charge in [-0.1, -0.05) is 39.7 Å². The highest BCUT2D eigenvalue weighted by Crippen LogP contribution is 2.27. The van der Waals surface area contributed by atoms with E-state index in [1.165, 1.54) is 5.56 Å². The number of hydrogen-bond donors (Lipinski definition) is 1. The van der Waals surface area contributed by atoms with Gasteiger partial charge in [-0.3, -0.25) is 0 Å². The summed E-state index contributed by atoms with van der Waals surface area (Å²) < 4.78 is 12.2. The molecule has 0 bridgehead atoms. The lowest BCUT2D eigenvalue weighted by atomic mass is 10.2. The Kier molecular flexibility index (Phi) is 6.36. The van der Waals surface area contributed by atoms with Gasteiger partial charge in [0.25, 0.3) is 0 Å². The summed E-state index contributed by atoms with van der Waals surface area (Å²) in [6.07, 6.45) is 0. The van der Waals surface area contributed by atoms with Crippen molar-refractivity contribution in [2.24, 2.45) is 0 Å². The largest absolute Gasteiger partial charge is 0.490 e. The second kappa shape index (κ2) is 8.27. The molecule has 5 heteroatoms. The van der Waals surface area contributed by atoms with Gasteiger partial charge in [0.15, 0.2) is 0 Å². The Bertz CT molecular complexity index is 575. The number of halogens is 2. The van der Waals surface area contributed by atoms with Gasteiger partial charge in [0.1, 0.15) is 24.7 Å². The van der Waals surface area contributed by atoms with E-state index in [0.717, 1.165) is 16.8 Å². The first-order chi connectivity index (χ1) is 10.2. The van der Waals surface area contributed by atoms with Crippen LogP contribution in [0.5, 0.6) is 11.5 Å². The van der Waals surface area contributed by atoms with Crippen LogP contribution in [0.25, 0.3) is 0 Å². The molecule has 3 nitrogen and oxygen atoms in total. The second-order valence-electron chi connectivity index (χ2n) is 4.45. The van der Waals surface area contributed by atoms with Gasteiger partial charge in [0, 0.05) is 11.0 Å². The fraction of sp³-hybridized carbons (Fsp3) is 0.250. The van der Waals surface area contributed by atoms with E-state index in [9.17, 15) is 0 Å². The van der Waals surface area contributed by atoms with E-state index >= 15 is 0 Å². The average Bonchev–Trinajstić information content (AvgIpc) is 2.49. The maximum Gasteiger partial charge on any atom is 0.139 e. The molecule has 2 aromatic rings. The minimum absolute atomic E-state index is 0.439. The average molecular weight is 371 g/mol. The Morgan fingerprint density at radius 2 is 1.76 bits per heavy atom. The third kappa shape index (κ3) is 5.23. The van der Waals surface area contributed by atoms with E-state index in [1.54, 1.807) is 6.07 Å². The summed E-state index contributed by atoms with van der Waals surface area (Å²) in [5, 5.41) is 3.70. The molecular formula is C16H17BrClNO2. The fourth-order valence-electron chi connectivity index (χ4n) is 1.81. The lowest BCUT2D eigenvalue weighted by Crippen LogP contribution is -2.09.